The number of amides is 1. The Balaban J connectivity index is 1.18. The van der Waals surface area contributed by atoms with Crippen LogP contribution in [0.1, 0.15) is 84.5 Å². The van der Waals surface area contributed by atoms with Gasteiger partial charge in [-0.1, -0.05) is 19.4 Å². The molecule has 5 aliphatic rings. The fraction of sp³-hybridized carbons (Fsp3) is 0.800. The Hall–Kier alpha value is -2.10. The van der Waals surface area contributed by atoms with E-state index in [1.165, 1.54) is 0 Å². The smallest absolute Gasteiger partial charge is 0.306 e. The van der Waals surface area contributed by atoms with Gasteiger partial charge in [0, 0.05) is 31.4 Å². The van der Waals surface area contributed by atoms with Gasteiger partial charge in [0.2, 0.25) is 11.7 Å². The van der Waals surface area contributed by atoms with Crippen molar-refractivity contribution in [3.8, 4) is 0 Å². The highest BCUT2D eigenvalue weighted by Crippen LogP contribution is 2.67. The van der Waals surface area contributed by atoms with Gasteiger partial charge in [0.05, 0.1) is 18.6 Å². The van der Waals surface area contributed by atoms with E-state index < -0.39 is 35.5 Å². The van der Waals surface area contributed by atoms with Crippen molar-refractivity contribution >= 4 is 23.4 Å². The molecule has 0 radical (unpaired) electrons. The molecule has 0 aromatic heterocycles. The number of hydrogen-bond acceptors (Lipinski definition) is 8. The summed E-state index contributed by atoms with van der Waals surface area (Å²) in [7, 11) is 0. The third-order valence-electron chi connectivity index (χ3n) is 11.0. The van der Waals surface area contributed by atoms with E-state index in [0.29, 0.717) is 26.0 Å². The molecule has 8 unspecified atom stereocenters. The summed E-state index contributed by atoms with van der Waals surface area (Å²) in [5.74, 6) is -1.12. The average Bonchev–Trinajstić information content (AvgIpc) is 3.51. The maximum atomic E-state index is 13.4. The van der Waals surface area contributed by atoms with Crippen molar-refractivity contribution in [3.63, 3.8) is 0 Å². The minimum Gasteiger partial charge on any atom is -0.458 e. The van der Waals surface area contributed by atoms with Crippen LogP contribution in [0.3, 0.4) is 0 Å². The van der Waals surface area contributed by atoms with Crippen LogP contribution in [0.4, 0.5) is 0 Å². The number of allylic oxidation sites excluding steroid dienone is 1. The number of esters is 1. The van der Waals surface area contributed by atoms with Crippen LogP contribution in [0.25, 0.3) is 0 Å². The SMILES string of the molecule is CC12CCC(=O)C=C1CCC1C2C(O)CC2(C)C1CCC2(O)C(=O)COC(=O)CCC(=O)NCC1CCCO1. The predicted molar refractivity (Wildman–Crippen MR) is 140 cm³/mol. The number of fused-ring (bicyclic) bond motifs is 5. The largest absolute Gasteiger partial charge is 0.458 e. The Morgan fingerprint density at radius 3 is 2.67 bits per heavy atom. The molecule has 0 spiro atoms. The molecule has 9 nitrogen and oxygen atoms in total. The summed E-state index contributed by atoms with van der Waals surface area (Å²) in [6, 6.07) is 0. The molecule has 5 rings (SSSR count). The molecule has 1 saturated heterocycles. The first-order chi connectivity index (χ1) is 18.5. The zero-order valence-corrected chi connectivity index (χ0v) is 23.2. The first-order valence-corrected chi connectivity index (χ1v) is 14.7. The van der Waals surface area contributed by atoms with Crippen LogP contribution in [0.2, 0.25) is 0 Å². The predicted octanol–water partition coefficient (Wildman–Crippen LogP) is 2.41. The van der Waals surface area contributed by atoms with Crippen LogP contribution < -0.4 is 5.32 Å². The van der Waals surface area contributed by atoms with Gasteiger partial charge >= 0.3 is 5.97 Å². The van der Waals surface area contributed by atoms with Gasteiger partial charge in [0.25, 0.3) is 0 Å². The Bertz CT molecular complexity index is 1050. The van der Waals surface area contributed by atoms with Gasteiger partial charge in [0.15, 0.2) is 12.4 Å². The molecule has 8 atom stereocenters. The fourth-order valence-corrected chi connectivity index (χ4v) is 8.82. The van der Waals surface area contributed by atoms with E-state index in [4.69, 9.17) is 9.47 Å². The van der Waals surface area contributed by atoms with Gasteiger partial charge in [0.1, 0.15) is 5.60 Å². The van der Waals surface area contributed by atoms with Crippen LogP contribution in [-0.4, -0.2) is 71.2 Å². The Morgan fingerprint density at radius 1 is 1.13 bits per heavy atom. The van der Waals surface area contributed by atoms with Crippen molar-refractivity contribution in [2.75, 3.05) is 19.8 Å². The molecule has 39 heavy (non-hydrogen) atoms. The average molecular weight is 546 g/mol. The fourth-order valence-electron chi connectivity index (χ4n) is 8.82. The summed E-state index contributed by atoms with van der Waals surface area (Å²) in [5.41, 5.74) is -1.63. The van der Waals surface area contributed by atoms with Gasteiger partial charge in [-0.2, -0.15) is 0 Å². The quantitative estimate of drug-likeness (QED) is 0.395. The first-order valence-electron chi connectivity index (χ1n) is 14.7. The lowest BCUT2D eigenvalue weighted by molar-refractivity contribution is -0.184. The summed E-state index contributed by atoms with van der Waals surface area (Å²) in [6.45, 7) is 4.64. The van der Waals surface area contributed by atoms with Crippen molar-refractivity contribution in [2.24, 2.45) is 28.6 Å². The lowest BCUT2D eigenvalue weighted by Crippen LogP contribution is -2.62. The van der Waals surface area contributed by atoms with Gasteiger partial charge in [-0.25, -0.2) is 0 Å². The van der Waals surface area contributed by atoms with Crippen LogP contribution in [0.15, 0.2) is 11.6 Å². The highest BCUT2D eigenvalue weighted by atomic mass is 16.5. The van der Waals surface area contributed by atoms with E-state index in [9.17, 15) is 29.4 Å². The number of hydrogen-bond donors (Lipinski definition) is 3. The molecular formula is C30H43NO8. The van der Waals surface area contributed by atoms with Gasteiger partial charge in [-0.3, -0.25) is 19.2 Å². The normalized spacial score (nSPS) is 41.2. The van der Waals surface area contributed by atoms with Crippen LogP contribution in [0.5, 0.6) is 0 Å². The van der Waals surface area contributed by atoms with Gasteiger partial charge in [-0.05, 0) is 80.6 Å². The van der Waals surface area contributed by atoms with E-state index in [1.54, 1.807) is 6.08 Å². The maximum Gasteiger partial charge on any atom is 0.306 e. The van der Waals surface area contributed by atoms with Crippen molar-refractivity contribution in [1.82, 2.24) is 5.32 Å². The molecule has 1 amide bonds. The van der Waals surface area contributed by atoms with Crippen molar-refractivity contribution < 1.29 is 38.9 Å². The minimum atomic E-state index is -1.69. The third-order valence-corrected chi connectivity index (χ3v) is 11.0. The molecule has 3 N–H and O–H groups in total. The number of aliphatic hydroxyl groups is 2. The third kappa shape index (κ3) is 4.99. The molecule has 0 aromatic carbocycles. The minimum absolute atomic E-state index is 0.00895. The molecule has 4 aliphatic carbocycles. The second-order valence-corrected chi connectivity index (χ2v) is 13.0. The van der Waals surface area contributed by atoms with E-state index in [2.05, 4.69) is 12.2 Å². The molecule has 0 bridgehead atoms. The molecule has 216 valence electrons. The molecule has 0 aromatic rings. The number of ether oxygens (including phenoxy) is 2. The van der Waals surface area contributed by atoms with Crippen LogP contribution in [-0.2, 0) is 28.7 Å². The van der Waals surface area contributed by atoms with Crippen molar-refractivity contribution in [1.29, 1.82) is 0 Å². The monoisotopic (exact) mass is 545 g/mol. The maximum absolute atomic E-state index is 13.4. The number of ketones is 2. The number of rotatable bonds is 8. The molecular weight excluding hydrogens is 502 g/mol. The zero-order valence-electron chi connectivity index (χ0n) is 23.2. The number of carbonyl (C=O) groups excluding carboxylic acids is 4. The number of Topliss-reactive ketones (excluding diaryl/α,β-unsaturated/α-hetero) is 1. The summed E-state index contributed by atoms with van der Waals surface area (Å²) >= 11 is 0. The Labute approximate surface area is 230 Å². The molecule has 4 fully saturated rings. The molecule has 1 aliphatic heterocycles. The molecule has 1 heterocycles. The lowest BCUT2D eigenvalue weighted by atomic mass is 9.45. The van der Waals surface area contributed by atoms with Crippen LogP contribution >= 0.6 is 0 Å². The molecule has 3 saturated carbocycles. The van der Waals surface area contributed by atoms with Crippen LogP contribution in [0, 0.1) is 28.6 Å². The van der Waals surface area contributed by atoms with E-state index in [0.717, 1.165) is 37.7 Å². The second kappa shape index (κ2) is 10.7. The summed E-state index contributed by atoms with van der Waals surface area (Å²) in [4.78, 5) is 49.8. The lowest BCUT2D eigenvalue weighted by Gasteiger charge is -2.60. The van der Waals surface area contributed by atoms with Gasteiger partial charge in [-0.15, -0.1) is 0 Å². The number of aliphatic hydroxyl groups excluding tert-OH is 1. The standard InChI is InChI=1S/C30H43NO8/c1-28-11-9-19(32)14-18(28)5-6-21-22-10-12-30(37,29(22,2)15-23(33)27(21)28)24(34)17-39-26(36)8-7-25(35)31-16-20-4-3-13-38-20/h14,20-23,27,33,37H,3-13,15-17H2,1-2H3,(H,31,35). The van der Waals surface area contributed by atoms with Crippen molar-refractivity contribution in [2.45, 2.75) is 102 Å². The van der Waals surface area contributed by atoms with E-state index in [-0.39, 0.29) is 66.6 Å². The zero-order chi connectivity index (χ0) is 28.0. The van der Waals surface area contributed by atoms with E-state index >= 15 is 0 Å². The second-order valence-electron chi connectivity index (χ2n) is 13.0. The summed E-state index contributed by atoms with van der Waals surface area (Å²) < 4.78 is 10.7. The summed E-state index contributed by atoms with van der Waals surface area (Å²) in [6.07, 6.45) is 6.86. The van der Waals surface area contributed by atoms with Gasteiger partial charge < -0.3 is 25.0 Å². The molecule has 9 heteroatoms. The number of carbonyl (C=O) groups is 4. The Morgan fingerprint density at radius 2 is 1.92 bits per heavy atom. The topological polar surface area (TPSA) is 139 Å². The summed E-state index contributed by atoms with van der Waals surface area (Å²) in [5, 5.41) is 26.0. The van der Waals surface area contributed by atoms with E-state index in [1.807, 2.05) is 6.92 Å². The number of nitrogens with one attached hydrogen (secondary N) is 1. The van der Waals surface area contributed by atoms with Crippen molar-refractivity contribution in [3.05, 3.63) is 11.6 Å². The first kappa shape index (κ1) is 28.4. The Kier molecular flexibility index (Phi) is 7.81. The highest BCUT2D eigenvalue weighted by Gasteiger charge is 2.68. The highest BCUT2D eigenvalue weighted by molar-refractivity contribution is 5.92.